The molecule has 0 amide bonds. The summed E-state index contributed by atoms with van der Waals surface area (Å²) in [6.07, 6.45) is 0.497. The van der Waals surface area contributed by atoms with Gasteiger partial charge in [-0.3, -0.25) is 11.3 Å². The van der Waals surface area contributed by atoms with Gasteiger partial charge in [0.25, 0.3) is 0 Å². The number of nitrogens with two attached hydrogens (primary N) is 1. The second-order valence-corrected chi connectivity index (χ2v) is 5.44. The predicted octanol–water partition coefficient (Wildman–Crippen LogP) is 3.64. The second kappa shape index (κ2) is 6.33. The van der Waals surface area contributed by atoms with E-state index in [4.69, 9.17) is 5.84 Å². The van der Waals surface area contributed by atoms with Crippen molar-refractivity contribution in [1.29, 1.82) is 0 Å². The van der Waals surface area contributed by atoms with Crippen LogP contribution in [0.25, 0.3) is 0 Å². The average molecular weight is 290 g/mol. The molecule has 2 rings (SSSR count). The van der Waals surface area contributed by atoms with Crippen molar-refractivity contribution in [2.75, 3.05) is 0 Å². The third-order valence-electron chi connectivity index (χ3n) is 3.89. The van der Waals surface area contributed by atoms with Crippen molar-refractivity contribution in [1.82, 2.24) is 5.43 Å². The molecule has 0 aromatic heterocycles. The van der Waals surface area contributed by atoms with Gasteiger partial charge in [0.1, 0.15) is 0 Å². The number of aryl methyl sites for hydroxylation is 3. The van der Waals surface area contributed by atoms with Gasteiger partial charge in [-0.1, -0.05) is 30.3 Å². The molecule has 0 aliphatic carbocycles. The first-order chi connectivity index (χ1) is 9.93. The van der Waals surface area contributed by atoms with Crippen molar-refractivity contribution in [2.24, 2.45) is 5.84 Å². The fourth-order valence-corrected chi connectivity index (χ4v) is 2.35. The van der Waals surface area contributed by atoms with Gasteiger partial charge >= 0.3 is 0 Å². The summed E-state index contributed by atoms with van der Waals surface area (Å²) >= 11 is 0. The Morgan fingerprint density at radius 2 is 1.62 bits per heavy atom. The van der Waals surface area contributed by atoms with E-state index in [9.17, 15) is 8.78 Å². The molecule has 21 heavy (non-hydrogen) atoms. The minimum Gasteiger partial charge on any atom is -0.271 e. The van der Waals surface area contributed by atoms with Crippen LogP contribution >= 0.6 is 0 Å². The van der Waals surface area contributed by atoms with Crippen LogP contribution in [0, 0.1) is 32.4 Å². The van der Waals surface area contributed by atoms with Gasteiger partial charge < -0.3 is 0 Å². The summed E-state index contributed by atoms with van der Waals surface area (Å²) in [4.78, 5) is 0. The Kier molecular flexibility index (Phi) is 4.70. The third-order valence-corrected chi connectivity index (χ3v) is 3.89. The van der Waals surface area contributed by atoms with E-state index in [0.29, 0.717) is 12.0 Å². The molecule has 0 saturated heterocycles. The van der Waals surface area contributed by atoms with Crippen LogP contribution < -0.4 is 11.3 Å². The maximum absolute atomic E-state index is 14.1. The molecule has 0 aliphatic heterocycles. The first-order valence-electron chi connectivity index (χ1n) is 6.90. The molecule has 1 atom stereocenters. The average Bonchev–Trinajstić information content (AvgIpc) is 2.47. The summed E-state index contributed by atoms with van der Waals surface area (Å²) in [5, 5.41) is 0. The minimum atomic E-state index is -0.832. The third kappa shape index (κ3) is 3.28. The molecule has 0 bridgehead atoms. The summed E-state index contributed by atoms with van der Waals surface area (Å²) in [5.74, 6) is 3.89. The van der Waals surface area contributed by atoms with E-state index in [1.165, 1.54) is 18.1 Å². The van der Waals surface area contributed by atoms with Crippen molar-refractivity contribution < 1.29 is 8.78 Å². The highest BCUT2D eigenvalue weighted by Crippen LogP contribution is 2.25. The number of halogens is 2. The zero-order valence-electron chi connectivity index (χ0n) is 12.5. The second-order valence-electron chi connectivity index (χ2n) is 5.44. The van der Waals surface area contributed by atoms with Crippen LogP contribution in [0.15, 0.2) is 30.3 Å². The quantitative estimate of drug-likeness (QED) is 0.666. The molecule has 3 N–H and O–H groups in total. The van der Waals surface area contributed by atoms with Gasteiger partial charge in [0, 0.05) is 5.56 Å². The lowest BCUT2D eigenvalue weighted by molar-refractivity contribution is 0.461. The smallest absolute Gasteiger partial charge is 0.163 e. The number of benzene rings is 2. The van der Waals surface area contributed by atoms with Crippen LogP contribution in [0.3, 0.4) is 0 Å². The lowest BCUT2D eigenvalue weighted by Crippen LogP contribution is -2.30. The molecule has 112 valence electrons. The highest BCUT2D eigenvalue weighted by Gasteiger charge is 2.19. The summed E-state index contributed by atoms with van der Waals surface area (Å²) in [5.41, 5.74) is 6.51. The highest BCUT2D eigenvalue weighted by atomic mass is 19.2. The Bertz CT molecular complexity index is 653. The number of rotatable bonds is 4. The fourth-order valence-electron chi connectivity index (χ4n) is 2.35. The molecule has 2 aromatic carbocycles. The molecule has 1 unspecified atom stereocenters. The molecular weight excluding hydrogens is 270 g/mol. The first-order valence-corrected chi connectivity index (χ1v) is 6.90. The van der Waals surface area contributed by atoms with Crippen LogP contribution in [0.1, 0.15) is 33.9 Å². The SMILES string of the molecule is Cc1ccc(CC(NN)c2ccc(C)c(F)c2F)cc1C. The van der Waals surface area contributed by atoms with Crippen LogP contribution in [0.4, 0.5) is 8.78 Å². The highest BCUT2D eigenvalue weighted by molar-refractivity contribution is 5.33. The maximum Gasteiger partial charge on any atom is 0.163 e. The van der Waals surface area contributed by atoms with Gasteiger partial charge in [0.05, 0.1) is 6.04 Å². The van der Waals surface area contributed by atoms with E-state index in [1.54, 1.807) is 12.1 Å². The molecule has 0 radical (unpaired) electrons. The van der Waals surface area contributed by atoms with Crippen molar-refractivity contribution in [3.63, 3.8) is 0 Å². The van der Waals surface area contributed by atoms with Crippen LogP contribution in [-0.4, -0.2) is 0 Å². The van der Waals surface area contributed by atoms with E-state index in [1.807, 2.05) is 32.0 Å². The van der Waals surface area contributed by atoms with Crippen molar-refractivity contribution in [3.8, 4) is 0 Å². The summed E-state index contributed by atoms with van der Waals surface area (Å²) in [6, 6.07) is 8.72. The number of hydrazine groups is 1. The van der Waals surface area contributed by atoms with Crippen LogP contribution in [0.2, 0.25) is 0 Å². The predicted molar refractivity (Wildman–Crippen MR) is 80.8 cm³/mol. The normalized spacial score (nSPS) is 12.5. The zero-order chi connectivity index (χ0) is 15.6. The number of nitrogens with one attached hydrogen (secondary N) is 1. The molecule has 0 saturated carbocycles. The number of hydrogen-bond donors (Lipinski definition) is 2. The zero-order valence-corrected chi connectivity index (χ0v) is 12.5. The van der Waals surface area contributed by atoms with Gasteiger partial charge in [-0.15, -0.1) is 0 Å². The van der Waals surface area contributed by atoms with E-state index in [0.717, 1.165) is 5.56 Å². The lowest BCUT2D eigenvalue weighted by Gasteiger charge is -2.18. The molecule has 2 aromatic rings. The first kappa shape index (κ1) is 15.6. The van der Waals surface area contributed by atoms with Gasteiger partial charge in [-0.05, 0) is 49.4 Å². The Morgan fingerprint density at radius 1 is 0.952 bits per heavy atom. The van der Waals surface area contributed by atoms with E-state index >= 15 is 0 Å². The van der Waals surface area contributed by atoms with E-state index < -0.39 is 17.7 Å². The molecule has 0 spiro atoms. The summed E-state index contributed by atoms with van der Waals surface area (Å²) in [6.45, 7) is 5.60. The van der Waals surface area contributed by atoms with Gasteiger partial charge in [-0.25, -0.2) is 8.78 Å². The Morgan fingerprint density at radius 3 is 2.24 bits per heavy atom. The molecule has 0 aliphatic rings. The standard InChI is InChI=1S/C17H20F2N2/c1-10-4-6-13(8-12(10)3)9-15(21-20)14-7-5-11(2)16(18)17(14)19/h4-8,15,21H,9,20H2,1-3H3. The van der Waals surface area contributed by atoms with E-state index in [2.05, 4.69) is 5.43 Å². The summed E-state index contributed by atoms with van der Waals surface area (Å²) < 4.78 is 27.8. The van der Waals surface area contributed by atoms with Crippen molar-refractivity contribution in [3.05, 3.63) is 69.8 Å². The fraction of sp³-hybridized carbons (Fsp3) is 0.294. The Hall–Kier alpha value is -1.78. The van der Waals surface area contributed by atoms with Gasteiger partial charge in [0.15, 0.2) is 11.6 Å². The Labute approximate surface area is 124 Å². The Balaban J connectivity index is 2.32. The van der Waals surface area contributed by atoms with E-state index in [-0.39, 0.29) is 5.56 Å². The monoisotopic (exact) mass is 290 g/mol. The summed E-state index contributed by atoms with van der Waals surface area (Å²) in [7, 11) is 0. The minimum absolute atomic E-state index is 0.249. The molecule has 4 heteroatoms. The molecule has 0 heterocycles. The maximum atomic E-state index is 14.1. The van der Waals surface area contributed by atoms with Crippen molar-refractivity contribution in [2.45, 2.75) is 33.2 Å². The molecule has 0 fully saturated rings. The lowest BCUT2D eigenvalue weighted by atomic mass is 9.96. The largest absolute Gasteiger partial charge is 0.271 e. The van der Waals surface area contributed by atoms with Gasteiger partial charge in [0.2, 0.25) is 0 Å². The van der Waals surface area contributed by atoms with Gasteiger partial charge in [-0.2, -0.15) is 0 Å². The van der Waals surface area contributed by atoms with Crippen molar-refractivity contribution >= 4 is 0 Å². The van der Waals surface area contributed by atoms with Crippen LogP contribution in [0.5, 0.6) is 0 Å². The topological polar surface area (TPSA) is 38.0 Å². The number of hydrogen-bond acceptors (Lipinski definition) is 2. The van der Waals surface area contributed by atoms with Crippen LogP contribution in [-0.2, 0) is 6.42 Å². The molecular formula is C17H20F2N2. The molecule has 2 nitrogen and oxygen atoms in total.